The predicted molar refractivity (Wildman–Crippen MR) is 111 cm³/mol. The fraction of sp³-hybridized carbons (Fsp3) is 0.316. The van der Waals surface area contributed by atoms with E-state index in [-0.39, 0.29) is 29.1 Å². The summed E-state index contributed by atoms with van der Waals surface area (Å²) in [5, 5.41) is 2.79. The summed E-state index contributed by atoms with van der Waals surface area (Å²) in [6, 6.07) is 11.6. The van der Waals surface area contributed by atoms with Crippen molar-refractivity contribution in [2.45, 2.75) is 25.7 Å². The predicted octanol–water partition coefficient (Wildman–Crippen LogP) is 2.85. The number of hydrogen-bond donors (Lipinski definition) is 3. The number of benzene rings is 2. The molecule has 0 aliphatic rings. The van der Waals surface area contributed by atoms with Crippen molar-refractivity contribution in [2.24, 2.45) is 11.7 Å². The van der Waals surface area contributed by atoms with Gasteiger partial charge < -0.3 is 11.1 Å². The van der Waals surface area contributed by atoms with Gasteiger partial charge in [-0.05, 0) is 55.6 Å². The molecule has 1 atom stereocenters. The summed E-state index contributed by atoms with van der Waals surface area (Å²) in [5.74, 6) is -0.162. The van der Waals surface area contributed by atoms with Gasteiger partial charge in [0, 0.05) is 12.1 Å². The van der Waals surface area contributed by atoms with Gasteiger partial charge >= 0.3 is 0 Å². The first-order chi connectivity index (χ1) is 12.2. The largest absolute Gasteiger partial charge is 0.352 e. The first-order valence-electron chi connectivity index (χ1n) is 8.42. The number of nitrogens with two attached hydrogens (primary N) is 1. The van der Waals surface area contributed by atoms with Gasteiger partial charge in [-0.15, -0.1) is 12.4 Å². The molecule has 0 fully saturated rings. The van der Waals surface area contributed by atoms with E-state index in [0.29, 0.717) is 29.9 Å². The molecule has 0 bridgehead atoms. The second-order valence-corrected chi connectivity index (χ2v) is 8.13. The van der Waals surface area contributed by atoms with Crippen LogP contribution in [0, 0.1) is 19.8 Å². The van der Waals surface area contributed by atoms with E-state index in [1.807, 2.05) is 26.0 Å². The van der Waals surface area contributed by atoms with Gasteiger partial charge in [0.1, 0.15) is 0 Å². The van der Waals surface area contributed by atoms with Crippen LogP contribution < -0.4 is 15.8 Å². The van der Waals surface area contributed by atoms with Crippen LogP contribution in [0.1, 0.15) is 28.4 Å². The van der Waals surface area contributed by atoms with E-state index in [2.05, 4.69) is 10.0 Å². The number of aryl methyl sites for hydroxylation is 2. The fourth-order valence-corrected chi connectivity index (χ4v) is 3.51. The van der Waals surface area contributed by atoms with Crippen molar-refractivity contribution in [3.63, 3.8) is 0 Å². The lowest BCUT2D eigenvalue weighted by atomic mass is 10.1. The Labute approximate surface area is 167 Å². The Morgan fingerprint density at radius 2 is 1.78 bits per heavy atom. The van der Waals surface area contributed by atoms with E-state index in [4.69, 9.17) is 5.73 Å². The topological polar surface area (TPSA) is 101 Å². The second-order valence-electron chi connectivity index (χ2n) is 6.45. The normalized spacial score (nSPS) is 12.0. The molecule has 0 aliphatic heterocycles. The Hall–Kier alpha value is -2.09. The third-order valence-electron chi connectivity index (χ3n) is 4.17. The summed E-state index contributed by atoms with van der Waals surface area (Å²) >= 11 is 0. The average Bonchev–Trinajstić information content (AvgIpc) is 2.61. The number of carbonyl (C=O) groups excluding carboxylic acids is 1. The monoisotopic (exact) mass is 411 g/mol. The van der Waals surface area contributed by atoms with Crippen LogP contribution in [0.3, 0.4) is 0 Å². The van der Waals surface area contributed by atoms with Crippen LogP contribution in [-0.4, -0.2) is 27.4 Å². The average molecular weight is 412 g/mol. The van der Waals surface area contributed by atoms with E-state index in [0.717, 1.165) is 5.56 Å². The molecule has 8 heteroatoms. The van der Waals surface area contributed by atoms with Gasteiger partial charge in [0.2, 0.25) is 0 Å². The lowest BCUT2D eigenvalue weighted by Gasteiger charge is -2.14. The van der Waals surface area contributed by atoms with Gasteiger partial charge in [0.15, 0.2) is 0 Å². The number of hydrogen-bond acceptors (Lipinski definition) is 4. The molecule has 0 saturated heterocycles. The van der Waals surface area contributed by atoms with Crippen molar-refractivity contribution >= 4 is 34.0 Å². The minimum atomic E-state index is -3.79. The van der Waals surface area contributed by atoms with Crippen molar-refractivity contribution in [1.82, 2.24) is 5.32 Å². The zero-order valence-electron chi connectivity index (χ0n) is 15.7. The molecule has 2 rings (SSSR count). The Morgan fingerprint density at radius 3 is 2.41 bits per heavy atom. The summed E-state index contributed by atoms with van der Waals surface area (Å²) in [6.07, 6.45) is 0. The Kier molecular flexibility index (Phi) is 8.27. The number of para-hydroxylation sites is 1. The van der Waals surface area contributed by atoms with Crippen LogP contribution in [0.4, 0.5) is 5.69 Å². The fourth-order valence-electron chi connectivity index (χ4n) is 2.35. The highest BCUT2D eigenvalue weighted by Gasteiger charge is 2.19. The molecule has 0 heterocycles. The highest BCUT2D eigenvalue weighted by molar-refractivity contribution is 7.92. The molecule has 0 saturated carbocycles. The minimum Gasteiger partial charge on any atom is -0.352 e. The molecule has 27 heavy (non-hydrogen) atoms. The summed E-state index contributed by atoms with van der Waals surface area (Å²) in [4.78, 5) is 12.5. The van der Waals surface area contributed by atoms with E-state index < -0.39 is 10.0 Å². The standard InChI is InChI=1S/C19H25N3O3S.ClH/c1-13(11-20)12-21-19(23)17-10-16(9-8-14(17)2)26(24,25)22-18-7-5-4-6-15(18)3;/h4-10,13,22H,11-12,20H2,1-3H3,(H,21,23);1H. The van der Waals surface area contributed by atoms with Crippen LogP contribution in [0.15, 0.2) is 47.4 Å². The molecule has 0 spiro atoms. The molecule has 2 aromatic carbocycles. The molecular weight excluding hydrogens is 386 g/mol. The SMILES string of the molecule is Cc1ccccc1NS(=O)(=O)c1ccc(C)c(C(=O)NCC(C)CN)c1.Cl. The van der Waals surface area contributed by atoms with Gasteiger partial charge in [0.25, 0.3) is 15.9 Å². The number of nitrogens with one attached hydrogen (secondary N) is 2. The number of carbonyl (C=O) groups is 1. The number of anilines is 1. The lowest BCUT2D eigenvalue weighted by Crippen LogP contribution is -2.31. The molecule has 1 unspecified atom stereocenters. The lowest BCUT2D eigenvalue weighted by molar-refractivity contribution is 0.0947. The van der Waals surface area contributed by atoms with Gasteiger partial charge in [-0.1, -0.05) is 31.2 Å². The van der Waals surface area contributed by atoms with Gasteiger partial charge in [0.05, 0.1) is 10.6 Å². The third kappa shape index (κ3) is 5.95. The summed E-state index contributed by atoms with van der Waals surface area (Å²) in [7, 11) is -3.79. The van der Waals surface area contributed by atoms with E-state index in [1.165, 1.54) is 12.1 Å². The van der Waals surface area contributed by atoms with E-state index in [1.54, 1.807) is 25.1 Å². The van der Waals surface area contributed by atoms with Gasteiger partial charge in [-0.25, -0.2) is 8.42 Å². The van der Waals surface area contributed by atoms with Crippen molar-refractivity contribution in [2.75, 3.05) is 17.8 Å². The quantitative estimate of drug-likeness (QED) is 0.651. The minimum absolute atomic E-state index is 0. The van der Waals surface area contributed by atoms with E-state index in [9.17, 15) is 13.2 Å². The summed E-state index contributed by atoms with van der Waals surface area (Å²) in [6.45, 7) is 6.43. The Balaban J connectivity index is 0.00000364. The Morgan fingerprint density at radius 1 is 1.11 bits per heavy atom. The Bertz CT molecular complexity index is 901. The first kappa shape index (κ1) is 23.0. The number of rotatable bonds is 7. The third-order valence-corrected chi connectivity index (χ3v) is 5.53. The van der Waals surface area contributed by atoms with Crippen molar-refractivity contribution in [3.8, 4) is 0 Å². The highest BCUT2D eigenvalue weighted by Crippen LogP contribution is 2.21. The molecule has 0 radical (unpaired) electrons. The van der Waals surface area contributed by atoms with Crippen LogP contribution in [-0.2, 0) is 10.0 Å². The zero-order chi connectivity index (χ0) is 19.3. The second kappa shape index (κ2) is 9.73. The van der Waals surface area contributed by atoms with Crippen LogP contribution in [0.2, 0.25) is 0 Å². The highest BCUT2D eigenvalue weighted by atomic mass is 35.5. The number of halogens is 1. The summed E-state index contributed by atoms with van der Waals surface area (Å²) < 4.78 is 28.0. The van der Waals surface area contributed by atoms with Crippen molar-refractivity contribution < 1.29 is 13.2 Å². The maximum absolute atomic E-state index is 12.7. The molecular formula is C19H26ClN3O3S. The van der Waals surface area contributed by atoms with E-state index >= 15 is 0 Å². The molecule has 0 aliphatic carbocycles. The van der Waals surface area contributed by atoms with Crippen molar-refractivity contribution in [3.05, 3.63) is 59.2 Å². The number of amides is 1. The van der Waals surface area contributed by atoms with Gasteiger partial charge in [-0.3, -0.25) is 9.52 Å². The molecule has 1 amide bonds. The maximum atomic E-state index is 12.7. The molecule has 0 aromatic heterocycles. The van der Waals surface area contributed by atoms with Gasteiger partial charge in [-0.2, -0.15) is 0 Å². The van der Waals surface area contributed by atoms with Crippen LogP contribution in [0.25, 0.3) is 0 Å². The first-order valence-corrected chi connectivity index (χ1v) is 9.90. The maximum Gasteiger partial charge on any atom is 0.261 e. The molecule has 2 aromatic rings. The number of sulfonamides is 1. The van der Waals surface area contributed by atoms with Crippen molar-refractivity contribution in [1.29, 1.82) is 0 Å². The molecule has 6 nitrogen and oxygen atoms in total. The zero-order valence-corrected chi connectivity index (χ0v) is 17.3. The van der Waals surface area contributed by atoms with Crippen LogP contribution >= 0.6 is 12.4 Å². The summed E-state index contributed by atoms with van der Waals surface area (Å²) in [5.41, 5.74) is 7.92. The molecule has 4 N–H and O–H groups in total. The molecule has 148 valence electrons. The smallest absolute Gasteiger partial charge is 0.261 e. The van der Waals surface area contributed by atoms with Crippen LogP contribution in [0.5, 0.6) is 0 Å².